The lowest BCUT2D eigenvalue weighted by Gasteiger charge is -2.18. The molecule has 6 nitrogen and oxygen atoms in total. The number of allylic oxidation sites excluding steroid dienone is 4. The molecule has 6 aliphatic heterocycles. The topological polar surface area (TPSA) is 75.8 Å². The summed E-state index contributed by atoms with van der Waals surface area (Å²) < 4.78 is 12.3. The molecule has 12 bridgehead atoms. The molecule has 3 aromatic carbocycles. The average molecular weight is 821 g/mol. The Kier molecular flexibility index (Phi) is 11.0. The molecule has 0 unspecified atom stereocenters. The third-order valence-electron chi connectivity index (χ3n) is 14.1. The Balaban J connectivity index is 1.55. The predicted molar refractivity (Wildman–Crippen MR) is 260 cm³/mol. The quantitative estimate of drug-likeness (QED) is 0.175. The molecule has 3 aromatic heterocycles. The van der Waals surface area contributed by atoms with E-state index in [9.17, 15) is 0 Å². The lowest BCUT2D eigenvalue weighted by Crippen LogP contribution is -2.03. The Morgan fingerprint density at radius 3 is 1.31 bits per heavy atom. The van der Waals surface area contributed by atoms with Crippen molar-refractivity contribution in [1.29, 1.82) is 0 Å². The lowest BCUT2D eigenvalue weighted by molar-refractivity contribution is 0.394. The van der Waals surface area contributed by atoms with Crippen LogP contribution in [0.3, 0.4) is 0 Å². The Morgan fingerprint density at radius 2 is 0.903 bits per heavy atom. The molecule has 0 amide bonds. The summed E-state index contributed by atoms with van der Waals surface area (Å²) in [4.78, 5) is 19.6. The highest BCUT2D eigenvalue weighted by Gasteiger charge is 2.28. The fourth-order valence-electron chi connectivity index (χ4n) is 10.8. The van der Waals surface area contributed by atoms with Gasteiger partial charge in [0.15, 0.2) is 0 Å². The second kappa shape index (κ2) is 16.6. The maximum atomic E-state index is 6.17. The highest BCUT2D eigenvalue weighted by molar-refractivity contribution is 6.04. The second-order valence-electron chi connectivity index (χ2n) is 17.2. The van der Waals surface area contributed by atoms with E-state index in [1.807, 2.05) is 0 Å². The van der Waals surface area contributed by atoms with Gasteiger partial charge < -0.3 is 19.4 Å². The van der Waals surface area contributed by atoms with Gasteiger partial charge in [-0.25, -0.2) is 9.97 Å². The van der Waals surface area contributed by atoms with Gasteiger partial charge in [-0.15, -0.1) is 0 Å². The molecule has 6 aliphatic rings. The third-order valence-corrected chi connectivity index (χ3v) is 14.1. The number of aryl methyl sites for hydroxylation is 8. The molecule has 0 saturated carbocycles. The second-order valence-corrected chi connectivity index (χ2v) is 17.2. The molecule has 0 radical (unpaired) electrons. The largest absolute Gasteiger partial charge is 0.496 e. The molecule has 62 heavy (non-hydrogen) atoms. The van der Waals surface area contributed by atoms with E-state index in [4.69, 9.17) is 19.4 Å². The van der Waals surface area contributed by atoms with Crippen molar-refractivity contribution in [2.75, 3.05) is 14.2 Å². The Hall–Kier alpha value is -6.14. The first-order valence-corrected chi connectivity index (χ1v) is 22.7. The molecule has 0 fully saturated rings. The van der Waals surface area contributed by atoms with E-state index in [0.29, 0.717) is 0 Å². The van der Waals surface area contributed by atoms with Crippen molar-refractivity contribution in [3.05, 3.63) is 140 Å². The highest BCUT2D eigenvalue weighted by atomic mass is 16.5. The molecule has 2 N–H and O–H groups in total. The zero-order valence-electron chi connectivity index (χ0n) is 38.3. The van der Waals surface area contributed by atoms with Crippen LogP contribution in [0.4, 0.5) is 0 Å². The van der Waals surface area contributed by atoms with E-state index in [2.05, 4.69) is 138 Å². The fourth-order valence-corrected chi connectivity index (χ4v) is 10.8. The summed E-state index contributed by atoms with van der Waals surface area (Å²) in [6, 6.07) is 27.0. The van der Waals surface area contributed by atoms with E-state index in [0.717, 1.165) is 124 Å². The summed E-state index contributed by atoms with van der Waals surface area (Å²) in [7, 11) is 3.58. The number of nitrogens with one attached hydrogen (secondary N) is 2. The first-order valence-electron chi connectivity index (χ1n) is 22.7. The number of ether oxygens (including phenoxy) is 2. The van der Waals surface area contributed by atoms with Crippen molar-refractivity contribution >= 4 is 44.4 Å². The minimum atomic E-state index is 0.784. The predicted octanol–water partition coefficient (Wildman–Crippen LogP) is 14.0. The van der Waals surface area contributed by atoms with Crippen LogP contribution in [0.15, 0.2) is 72.8 Å². The number of rotatable bonds is 6. The monoisotopic (exact) mass is 820 g/mol. The number of H-pyrrole nitrogens is 2. The van der Waals surface area contributed by atoms with Crippen LogP contribution in [-0.2, 0) is 38.5 Å². The van der Waals surface area contributed by atoms with Crippen LogP contribution in [0, 0.1) is 13.8 Å². The Bertz CT molecular complexity index is 2900. The summed E-state index contributed by atoms with van der Waals surface area (Å²) >= 11 is 0. The molecular formula is C56H60N4O2. The van der Waals surface area contributed by atoms with E-state index < -0.39 is 0 Å². The van der Waals surface area contributed by atoms with Crippen molar-refractivity contribution < 1.29 is 9.47 Å². The first-order chi connectivity index (χ1) is 30.1. The van der Waals surface area contributed by atoms with Gasteiger partial charge in [-0.1, -0.05) is 76.2 Å². The smallest absolute Gasteiger partial charge is 0.122 e. The summed E-state index contributed by atoms with van der Waals surface area (Å²) in [5.74, 6) is 1.79. The number of nitrogens with zero attached hydrogens (tertiary/aromatic N) is 2. The average Bonchev–Trinajstić information content (AvgIpc) is 3.98. The summed E-state index contributed by atoms with van der Waals surface area (Å²) in [6.07, 6.45) is 6.72. The normalized spacial score (nSPS) is 13.8. The molecule has 0 atom stereocenters. The van der Waals surface area contributed by atoms with E-state index in [1.54, 1.807) is 14.2 Å². The maximum Gasteiger partial charge on any atom is 0.122 e. The van der Waals surface area contributed by atoms with Gasteiger partial charge in [0.05, 0.1) is 48.0 Å². The van der Waals surface area contributed by atoms with Crippen LogP contribution < -0.4 is 9.47 Å². The van der Waals surface area contributed by atoms with Gasteiger partial charge >= 0.3 is 0 Å². The van der Waals surface area contributed by atoms with Crippen molar-refractivity contribution in [2.24, 2.45) is 0 Å². The van der Waals surface area contributed by atoms with Crippen LogP contribution in [0.5, 0.6) is 11.5 Å². The summed E-state index contributed by atoms with van der Waals surface area (Å²) in [5.41, 5.74) is 28.2. The number of benzene rings is 3. The van der Waals surface area contributed by atoms with Gasteiger partial charge in [-0.05, 0) is 181 Å². The van der Waals surface area contributed by atoms with E-state index >= 15 is 0 Å². The number of aromatic amines is 2. The standard InChI is InChI=1S/C56H60N4O2/c1-11-39-31(5)53-51-43-21-17-15-19-35(43)23-25-37-27-50(62-10)38(28-49(37)61-9)26-24-36-20-16-18-22-44(36)52(55-32(6)40(12-2)46(58-55)29-45(39)57-53)56-34(8)42(14-4)48(60-56)30-47-41(13-3)33(7)54(51)59-47/h15-22,27-30,57,59H,11-14,23-26H2,1-10H3. The van der Waals surface area contributed by atoms with Crippen molar-refractivity contribution in [3.8, 4) is 33.8 Å². The summed E-state index contributed by atoms with van der Waals surface area (Å²) in [5, 5.41) is 0. The molecular weight excluding hydrogens is 761 g/mol. The van der Waals surface area contributed by atoms with E-state index in [1.165, 1.54) is 72.4 Å². The lowest BCUT2D eigenvalue weighted by atomic mass is 9.89. The van der Waals surface area contributed by atoms with Crippen LogP contribution in [0.25, 0.3) is 66.6 Å². The van der Waals surface area contributed by atoms with Gasteiger partial charge in [0.1, 0.15) is 11.5 Å². The first kappa shape index (κ1) is 41.2. The minimum absolute atomic E-state index is 0.784. The van der Waals surface area contributed by atoms with Crippen molar-refractivity contribution in [2.45, 2.75) is 107 Å². The molecule has 12 rings (SSSR count). The Morgan fingerprint density at radius 1 is 0.500 bits per heavy atom. The SMILES string of the molecule is CCC1=C(C)c2nc1cc1[nH]c(c(C)c1CC)c1c3[nH]c(cc4nc(c2-c2ccccc2CCc2cc(OC)c(cc2OC)CCc2ccccc2-1)C(C)=C4CC)c(CC)c3C. The number of aromatic nitrogens is 4. The van der Waals surface area contributed by atoms with E-state index in [-0.39, 0.29) is 0 Å². The van der Waals surface area contributed by atoms with Gasteiger partial charge in [-0.3, -0.25) is 0 Å². The van der Waals surface area contributed by atoms with Crippen LogP contribution in [0.2, 0.25) is 0 Å². The zero-order valence-corrected chi connectivity index (χ0v) is 38.3. The summed E-state index contributed by atoms with van der Waals surface area (Å²) in [6.45, 7) is 18.2. The van der Waals surface area contributed by atoms with Gasteiger partial charge in [0.25, 0.3) is 0 Å². The van der Waals surface area contributed by atoms with Crippen LogP contribution in [0.1, 0.15) is 122 Å². The van der Waals surface area contributed by atoms with Crippen molar-refractivity contribution in [3.63, 3.8) is 0 Å². The van der Waals surface area contributed by atoms with Gasteiger partial charge in [0, 0.05) is 22.2 Å². The molecule has 9 heterocycles. The van der Waals surface area contributed by atoms with Gasteiger partial charge in [-0.2, -0.15) is 0 Å². The molecule has 6 heteroatoms. The molecule has 0 aliphatic carbocycles. The molecule has 0 saturated heterocycles. The number of methoxy groups -OCH3 is 2. The maximum absolute atomic E-state index is 6.17. The Labute approximate surface area is 367 Å². The minimum Gasteiger partial charge on any atom is -0.496 e. The van der Waals surface area contributed by atoms with Crippen LogP contribution in [-0.4, -0.2) is 34.2 Å². The van der Waals surface area contributed by atoms with Crippen molar-refractivity contribution in [1.82, 2.24) is 19.9 Å². The third kappa shape index (κ3) is 6.70. The highest BCUT2D eigenvalue weighted by Crippen LogP contribution is 2.46. The molecule has 316 valence electrons. The fraction of sp³-hybridized carbons (Fsp3) is 0.321. The zero-order chi connectivity index (χ0) is 43.4. The molecule has 6 aromatic rings. The van der Waals surface area contributed by atoms with Crippen LogP contribution >= 0.6 is 0 Å². The van der Waals surface area contributed by atoms with Gasteiger partial charge in [0.2, 0.25) is 0 Å². The number of hydrogen-bond acceptors (Lipinski definition) is 4. The molecule has 0 spiro atoms. The number of hydrogen-bond donors (Lipinski definition) is 2.